The standard InChI is InChI=1S/C17H25N3O/c1-5-11-18-16(14-10-8-7-9-13(14)6-2)17-15(21-4)12-19-20(17)3/h7-10,12,16,18H,5-6,11H2,1-4H3. The number of aromatic nitrogens is 2. The van der Waals surface area contributed by atoms with Gasteiger partial charge < -0.3 is 10.1 Å². The summed E-state index contributed by atoms with van der Waals surface area (Å²) < 4.78 is 7.40. The van der Waals surface area contributed by atoms with E-state index in [0.29, 0.717) is 0 Å². The normalized spacial score (nSPS) is 12.4. The second-order valence-corrected chi connectivity index (χ2v) is 5.16. The molecule has 0 aliphatic carbocycles. The lowest BCUT2D eigenvalue weighted by molar-refractivity contribution is 0.400. The van der Waals surface area contributed by atoms with Gasteiger partial charge in [-0.2, -0.15) is 5.10 Å². The van der Waals surface area contributed by atoms with Crippen LogP contribution in [0, 0.1) is 0 Å². The molecule has 1 N–H and O–H groups in total. The molecule has 2 rings (SSSR count). The molecule has 0 radical (unpaired) electrons. The fourth-order valence-electron chi connectivity index (χ4n) is 2.69. The van der Waals surface area contributed by atoms with E-state index in [0.717, 1.165) is 30.8 Å². The average Bonchev–Trinajstić information content (AvgIpc) is 2.89. The number of benzene rings is 1. The quantitative estimate of drug-likeness (QED) is 0.850. The number of aryl methyl sites for hydroxylation is 2. The summed E-state index contributed by atoms with van der Waals surface area (Å²) in [5.74, 6) is 0.831. The van der Waals surface area contributed by atoms with Crippen LogP contribution in [0.25, 0.3) is 0 Å². The molecule has 1 aromatic carbocycles. The van der Waals surface area contributed by atoms with Crippen molar-refractivity contribution >= 4 is 0 Å². The smallest absolute Gasteiger partial charge is 0.161 e. The number of methoxy groups -OCH3 is 1. The van der Waals surface area contributed by atoms with Crippen LogP contribution in [0.3, 0.4) is 0 Å². The van der Waals surface area contributed by atoms with Crippen LogP contribution in [-0.2, 0) is 13.5 Å². The van der Waals surface area contributed by atoms with E-state index in [4.69, 9.17) is 4.74 Å². The van der Waals surface area contributed by atoms with Crippen molar-refractivity contribution < 1.29 is 4.74 Å². The highest BCUT2D eigenvalue weighted by Crippen LogP contribution is 2.31. The van der Waals surface area contributed by atoms with Crippen LogP contribution in [0.1, 0.15) is 43.1 Å². The van der Waals surface area contributed by atoms with Gasteiger partial charge in [-0.1, -0.05) is 38.1 Å². The fourth-order valence-corrected chi connectivity index (χ4v) is 2.69. The lowest BCUT2D eigenvalue weighted by Crippen LogP contribution is -2.26. The van der Waals surface area contributed by atoms with E-state index in [1.807, 2.05) is 11.7 Å². The van der Waals surface area contributed by atoms with Gasteiger partial charge in [-0.15, -0.1) is 0 Å². The van der Waals surface area contributed by atoms with Gasteiger partial charge in [0.25, 0.3) is 0 Å². The van der Waals surface area contributed by atoms with Crippen LogP contribution in [0.5, 0.6) is 5.75 Å². The van der Waals surface area contributed by atoms with Crippen LogP contribution in [0.15, 0.2) is 30.5 Å². The van der Waals surface area contributed by atoms with Crippen LogP contribution >= 0.6 is 0 Å². The Kier molecular flexibility index (Phi) is 5.39. The zero-order chi connectivity index (χ0) is 15.2. The van der Waals surface area contributed by atoms with E-state index in [1.54, 1.807) is 13.3 Å². The third-order valence-electron chi connectivity index (χ3n) is 3.79. The predicted molar refractivity (Wildman–Crippen MR) is 85.7 cm³/mol. The first-order valence-corrected chi connectivity index (χ1v) is 7.59. The summed E-state index contributed by atoms with van der Waals surface area (Å²) in [5.41, 5.74) is 3.73. The van der Waals surface area contributed by atoms with Crippen LogP contribution in [0.2, 0.25) is 0 Å². The zero-order valence-electron chi connectivity index (χ0n) is 13.4. The maximum absolute atomic E-state index is 5.50. The van der Waals surface area contributed by atoms with E-state index in [9.17, 15) is 0 Å². The van der Waals surface area contributed by atoms with Gasteiger partial charge in [-0.25, -0.2) is 0 Å². The fraction of sp³-hybridized carbons (Fsp3) is 0.471. The zero-order valence-corrected chi connectivity index (χ0v) is 13.4. The average molecular weight is 287 g/mol. The molecule has 2 aromatic rings. The summed E-state index contributed by atoms with van der Waals surface area (Å²) >= 11 is 0. The van der Waals surface area contributed by atoms with Gasteiger partial charge in [-0.05, 0) is 30.5 Å². The Morgan fingerprint density at radius 1 is 1.29 bits per heavy atom. The van der Waals surface area contributed by atoms with Gasteiger partial charge in [0.1, 0.15) is 5.69 Å². The van der Waals surface area contributed by atoms with Gasteiger partial charge in [0.15, 0.2) is 5.75 Å². The lowest BCUT2D eigenvalue weighted by atomic mass is 9.96. The van der Waals surface area contributed by atoms with E-state index >= 15 is 0 Å². The number of hydrogen-bond donors (Lipinski definition) is 1. The van der Waals surface area contributed by atoms with Gasteiger partial charge in [0.05, 0.1) is 19.3 Å². The molecular formula is C17H25N3O. The number of rotatable bonds is 7. The highest BCUT2D eigenvalue weighted by atomic mass is 16.5. The molecule has 21 heavy (non-hydrogen) atoms. The third kappa shape index (κ3) is 3.27. The second kappa shape index (κ2) is 7.27. The predicted octanol–water partition coefficient (Wildman–Crippen LogP) is 3.08. The van der Waals surface area contributed by atoms with Crippen molar-refractivity contribution in [3.8, 4) is 5.75 Å². The Bertz CT molecular complexity index is 577. The number of nitrogens with one attached hydrogen (secondary N) is 1. The Balaban J connectivity index is 2.50. The van der Waals surface area contributed by atoms with Gasteiger partial charge in [0, 0.05) is 7.05 Å². The van der Waals surface area contributed by atoms with E-state index in [-0.39, 0.29) is 6.04 Å². The molecule has 1 aromatic heterocycles. The van der Waals surface area contributed by atoms with Crippen molar-refractivity contribution in [2.75, 3.05) is 13.7 Å². The molecule has 1 heterocycles. The highest BCUT2D eigenvalue weighted by Gasteiger charge is 2.23. The molecule has 0 saturated carbocycles. The Morgan fingerprint density at radius 2 is 2.05 bits per heavy atom. The third-order valence-corrected chi connectivity index (χ3v) is 3.79. The van der Waals surface area contributed by atoms with Crippen molar-refractivity contribution in [3.63, 3.8) is 0 Å². The van der Waals surface area contributed by atoms with Crippen molar-refractivity contribution in [2.45, 2.75) is 32.7 Å². The molecule has 0 saturated heterocycles. The molecule has 1 atom stereocenters. The van der Waals surface area contributed by atoms with Gasteiger partial charge in [-0.3, -0.25) is 4.68 Å². The maximum atomic E-state index is 5.50. The van der Waals surface area contributed by atoms with Crippen molar-refractivity contribution in [1.29, 1.82) is 0 Å². The summed E-state index contributed by atoms with van der Waals surface area (Å²) in [6.45, 7) is 5.32. The summed E-state index contributed by atoms with van der Waals surface area (Å²) in [7, 11) is 3.66. The molecule has 4 heteroatoms. The molecule has 1 unspecified atom stereocenters. The summed E-state index contributed by atoms with van der Waals surface area (Å²) in [6, 6.07) is 8.68. The van der Waals surface area contributed by atoms with E-state index < -0.39 is 0 Å². The van der Waals surface area contributed by atoms with Crippen molar-refractivity contribution in [1.82, 2.24) is 15.1 Å². The Labute approximate surface area is 127 Å². The molecule has 0 aliphatic rings. The highest BCUT2D eigenvalue weighted by molar-refractivity contribution is 5.40. The first kappa shape index (κ1) is 15.6. The number of ether oxygens (including phenoxy) is 1. The van der Waals surface area contributed by atoms with E-state index in [2.05, 4.69) is 48.5 Å². The second-order valence-electron chi connectivity index (χ2n) is 5.16. The largest absolute Gasteiger partial charge is 0.493 e. The monoisotopic (exact) mass is 287 g/mol. The Morgan fingerprint density at radius 3 is 2.71 bits per heavy atom. The summed E-state index contributed by atoms with van der Waals surface area (Å²) in [4.78, 5) is 0. The minimum Gasteiger partial charge on any atom is -0.493 e. The molecular weight excluding hydrogens is 262 g/mol. The number of nitrogens with zero attached hydrogens (tertiary/aromatic N) is 2. The molecule has 0 fully saturated rings. The molecule has 114 valence electrons. The van der Waals surface area contributed by atoms with Gasteiger partial charge in [0.2, 0.25) is 0 Å². The molecule has 4 nitrogen and oxygen atoms in total. The van der Waals surface area contributed by atoms with Crippen molar-refractivity contribution in [2.24, 2.45) is 7.05 Å². The molecule has 0 bridgehead atoms. The first-order valence-electron chi connectivity index (χ1n) is 7.59. The van der Waals surface area contributed by atoms with Crippen LogP contribution < -0.4 is 10.1 Å². The first-order chi connectivity index (χ1) is 10.2. The molecule has 0 spiro atoms. The lowest BCUT2D eigenvalue weighted by Gasteiger charge is -2.23. The summed E-state index contributed by atoms with van der Waals surface area (Å²) in [6.07, 6.45) is 3.89. The minimum absolute atomic E-state index is 0.101. The van der Waals surface area contributed by atoms with Crippen LogP contribution in [-0.4, -0.2) is 23.4 Å². The minimum atomic E-state index is 0.101. The topological polar surface area (TPSA) is 39.1 Å². The van der Waals surface area contributed by atoms with E-state index in [1.165, 1.54) is 11.1 Å². The van der Waals surface area contributed by atoms with Gasteiger partial charge >= 0.3 is 0 Å². The number of hydrogen-bond acceptors (Lipinski definition) is 3. The molecule has 0 aliphatic heterocycles. The maximum Gasteiger partial charge on any atom is 0.161 e. The van der Waals surface area contributed by atoms with Crippen LogP contribution in [0.4, 0.5) is 0 Å². The Hall–Kier alpha value is -1.81. The SMILES string of the molecule is CCCNC(c1ccccc1CC)c1c(OC)cnn1C. The van der Waals surface area contributed by atoms with Crippen molar-refractivity contribution in [3.05, 3.63) is 47.3 Å². The summed E-state index contributed by atoms with van der Waals surface area (Å²) in [5, 5.41) is 7.99. The molecule has 0 amide bonds.